The molecule has 4 unspecified atom stereocenters. The van der Waals surface area contributed by atoms with Gasteiger partial charge in [-0.2, -0.15) is 0 Å². The third-order valence-electron chi connectivity index (χ3n) is 5.22. The number of ether oxygens (including phenoxy) is 1. The molecule has 0 saturated heterocycles. The highest BCUT2D eigenvalue weighted by Crippen LogP contribution is 2.30. The second kappa shape index (κ2) is 6.11. The van der Waals surface area contributed by atoms with Crippen LogP contribution in [-0.2, 0) is 16.0 Å². The van der Waals surface area contributed by atoms with Crippen molar-refractivity contribution < 1.29 is 14.3 Å². The number of rotatable bonds is 2. The Morgan fingerprint density at radius 3 is 2.82 bits per heavy atom. The van der Waals surface area contributed by atoms with E-state index in [0.717, 1.165) is 18.4 Å². The topological polar surface area (TPSA) is 55.4 Å². The molecule has 1 aromatic rings. The SMILES string of the molecule is CC1CCCC(NC(=O)C2Cc3ccccc3C(=O)O2)C1C. The van der Waals surface area contributed by atoms with Gasteiger partial charge in [-0.3, -0.25) is 4.79 Å². The van der Waals surface area contributed by atoms with Crippen LogP contribution in [0.3, 0.4) is 0 Å². The maximum Gasteiger partial charge on any atom is 0.339 e. The Morgan fingerprint density at radius 2 is 2.00 bits per heavy atom. The van der Waals surface area contributed by atoms with E-state index in [0.29, 0.717) is 23.8 Å². The minimum Gasteiger partial charge on any atom is -0.448 e. The molecule has 1 aliphatic carbocycles. The number of nitrogens with one attached hydrogen (secondary N) is 1. The molecule has 4 nitrogen and oxygen atoms in total. The van der Waals surface area contributed by atoms with Crippen molar-refractivity contribution >= 4 is 11.9 Å². The number of cyclic esters (lactones) is 1. The average molecular weight is 301 g/mol. The lowest BCUT2D eigenvalue weighted by molar-refractivity contribution is -0.131. The van der Waals surface area contributed by atoms with E-state index in [2.05, 4.69) is 19.2 Å². The first kappa shape index (κ1) is 15.1. The maximum atomic E-state index is 12.5. The summed E-state index contributed by atoms with van der Waals surface area (Å²) in [5, 5.41) is 3.10. The monoisotopic (exact) mass is 301 g/mol. The molecule has 1 N–H and O–H groups in total. The van der Waals surface area contributed by atoms with Crippen molar-refractivity contribution in [2.75, 3.05) is 0 Å². The molecule has 1 aromatic carbocycles. The highest BCUT2D eigenvalue weighted by Gasteiger charge is 2.34. The molecule has 3 rings (SSSR count). The Balaban J connectivity index is 1.68. The van der Waals surface area contributed by atoms with E-state index in [1.54, 1.807) is 6.07 Å². The highest BCUT2D eigenvalue weighted by molar-refractivity contribution is 5.95. The van der Waals surface area contributed by atoms with E-state index in [1.165, 1.54) is 6.42 Å². The van der Waals surface area contributed by atoms with Crippen molar-refractivity contribution in [1.29, 1.82) is 0 Å². The Hall–Kier alpha value is -1.84. The standard InChI is InChI=1S/C18H23NO3/c1-11-6-5-9-15(12(11)2)19-17(20)16-10-13-7-3-4-8-14(13)18(21)22-16/h3-4,7-8,11-12,15-16H,5-6,9-10H2,1-2H3,(H,19,20). The van der Waals surface area contributed by atoms with Gasteiger partial charge in [0, 0.05) is 12.5 Å². The smallest absolute Gasteiger partial charge is 0.339 e. The van der Waals surface area contributed by atoms with Crippen LogP contribution in [0.5, 0.6) is 0 Å². The van der Waals surface area contributed by atoms with Crippen LogP contribution in [0.25, 0.3) is 0 Å². The predicted octanol–water partition coefficient (Wildman–Crippen LogP) is 2.71. The summed E-state index contributed by atoms with van der Waals surface area (Å²) in [5.74, 6) is 0.527. The molecule has 2 aliphatic rings. The number of fused-ring (bicyclic) bond motifs is 1. The third-order valence-corrected chi connectivity index (χ3v) is 5.22. The molecule has 0 radical (unpaired) electrons. The molecule has 0 aromatic heterocycles. The fourth-order valence-corrected chi connectivity index (χ4v) is 3.54. The minimum atomic E-state index is -0.702. The molecule has 22 heavy (non-hydrogen) atoms. The summed E-state index contributed by atoms with van der Waals surface area (Å²) in [6.07, 6.45) is 3.13. The minimum absolute atomic E-state index is 0.159. The number of carbonyl (C=O) groups excluding carboxylic acids is 2. The largest absolute Gasteiger partial charge is 0.448 e. The highest BCUT2D eigenvalue weighted by atomic mass is 16.5. The fourth-order valence-electron chi connectivity index (χ4n) is 3.54. The second-order valence-electron chi connectivity index (χ2n) is 6.64. The van der Waals surface area contributed by atoms with E-state index in [4.69, 9.17) is 4.74 Å². The van der Waals surface area contributed by atoms with Crippen LogP contribution in [0.1, 0.15) is 49.0 Å². The van der Waals surface area contributed by atoms with Crippen molar-refractivity contribution in [2.24, 2.45) is 11.8 Å². The molecule has 1 amide bonds. The van der Waals surface area contributed by atoms with E-state index in [9.17, 15) is 9.59 Å². The van der Waals surface area contributed by atoms with Crippen LogP contribution in [0.2, 0.25) is 0 Å². The summed E-state index contributed by atoms with van der Waals surface area (Å²) < 4.78 is 5.33. The number of amides is 1. The molecule has 4 heteroatoms. The van der Waals surface area contributed by atoms with Crippen LogP contribution < -0.4 is 5.32 Å². The number of benzene rings is 1. The summed E-state index contributed by atoms with van der Waals surface area (Å²) in [7, 11) is 0. The lowest BCUT2D eigenvalue weighted by atomic mass is 9.78. The summed E-state index contributed by atoms with van der Waals surface area (Å²) >= 11 is 0. The molecular weight excluding hydrogens is 278 g/mol. The number of esters is 1. The van der Waals surface area contributed by atoms with Gasteiger partial charge in [-0.05, 0) is 29.9 Å². The van der Waals surface area contributed by atoms with Gasteiger partial charge in [0.25, 0.3) is 5.91 Å². The van der Waals surface area contributed by atoms with Gasteiger partial charge in [-0.15, -0.1) is 0 Å². The summed E-state index contributed by atoms with van der Waals surface area (Å²) in [5.41, 5.74) is 1.47. The number of hydrogen-bond acceptors (Lipinski definition) is 3. The molecule has 1 saturated carbocycles. The molecule has 1 heterocycles. The molecule has 1 aliphatic heterocycles. The van der Waals surface area contributed by atoms with Crippen LogP contribution in [0, 0.1) is 11.8 Å². The van der Waals surface area contributed by atoms with Gasteiger partial charge in [0.1, 0.15) is 0 Å². The lowest BCUT2D eigenvalue weighted by Gasteiger charge is -2.35. The summed E-state index contributed by atoms with van der Waals surface area (Å²) in [4.78, 5) is 24.5. The van der Waals surface area contributed by atoms with Gasteiger partial charge >= 0.3 is 5.97 Å². The Labute approximate surface area is 131 Å². The zero-order valence-electron chi connectivity index (χ0n) is 13.2. The molecule has 118 valence electrons. The lowest BCUT2D eigenvalue weighted by Crippen LogP contribution is -2.49. The van der Waals surface area contributed by atoms with Gasteiger partial charge < -0.3 is 10.1 Å². The third kappa shape index (κ3) is 2.87. The first-order chi connectivity index (χ1) is 10.6. The first-order valence-electron chi connectivity index (χ1n) is 8.15. The van der Waals surface area contributed by atoms with Crippen LogP contribution in [0.4, 0.5) is 0 Å². The molecule has 0 bridgehead atoms. The van der Waals surface area contributed by atoms with Gasteiger partial charge in [0.2, 0.25) is 0 Å². The Bertz CT molecular complexity index is 583. The van der Waals surface area contributed by atoms with E-state index in [-0.39, 0.29) is 11.9 Å². The van der Waals surface area contributed by atoms with Crippen molar-refractivity contribution in [3.05, 3.63) is 35.4 Å². The summed E-state index contributed by atoms with van der Waals surface area (Å²) in [6, 6.07) is 7.52. The number of carbonyl (C=O) groups is 2. The van der Waals surface area contributed by atoms with Crippen LogP contribution in [0.15, 0.2) is 24.3 Å². The first-order valence-corrected chi connectivity index (χ1v) is 8.15. The maximum absolute atomic E-state index is 12.5. The predicted molar refractivity (Wildman–Crippen MR) is 83.5 cm³/mol. The molecular formula is C18H23NO3. The van der Waals surface area contributed by atoms with Crippen molar-refractivity contribution in [3.63, 3.8) is 0 Å². The van der Waals surface area contributed by atoms with Gasteiger partial charge in [0.05, 0.1) is 5.56 Å². The van der Waals surface area contributed by atoms with Crippen molar-refractivity contribution in [3.8, 4) is 0 Å². The second-order valence-corrected chi connectivity index (χ2v) is 6.64. The zero-order chi connectivity index (χ0) is 15.7. The fraction of sp³-hybridized carbons (Fsp3) is 0.556. The van der Waals surface area contributed by atoms with E-state index in [1.807, 2.05) is 18.2 Å². The molecule has 4 atom stereocenters. The summed E-state index contributed by atoms with van der Waals surface area (Å²) in [6.45, 7) is 4.43. The van der Waals surface area contributed by atoms with E-state index >= 15 is 0 Å². The number of hydrogen-bond donors (Lipinski definition) is 1. The quantitative estimate of drug-likeness (QED) is 0.855. The molecule has 1 fully saturated rings. The van der Waals surface area contributed by atoms with E-state index < -0.39 is 12.1 Å². The van der Waals surface area contributed by atoms with Gasteiger partial charge in [-0.1, -0.05) is 44.9 Å². The molecule has 0 spiro atoms. The zero-order valence-corrected chi connectivity index (χ0v) is 13.2. The van der Waals surface area contributed by atoms with Crippen molar-refractivity contribution in [1.82, 2.24) is 5.32 Å². The van der Waals surface area contributed by atoms with Crippen LogP contribution in [-0.4, -0.2) is 24.0 Å². The normalized spacial score (nSPS) is 31.1. The average Bonchev–Trinajstić information content (AvgIpc) is 2.52. The van der Waals surface area contributed by atoms with Gasteiger partial charge in [0.15, 0.2) is 6.10 Å². The van der Waals surface area contributed by atoms with Gasteiger partial charge in [-0.25, -0.2) is 4.79 Å². The van der Waals surface area contributed by atoms with Crippen molar-refractivity contribution in [2.45, 2.75) is 51.7 Å². The Kier molecular flexibility index (Phi) is 4.19. The Morgan fingerprint density at radius 1 is 1.23 bits per heavy atom. The van der Waals surface area contributed by atoms with Crippen LogP contribution >= 0.6 is 0 Å².